The molecule has 0 bridgehead atoms. The van der Waals surface area contributed by atoms with Gasteiger partial charge in [-0.25, -0.2) is 0 Å². The van der Waals surface area contributed by atoms with Crippen LogP contribution in [-0.2, 0) is 0 Å². The molecule has 2 aliphatic heterocycles. The first-order valence-corrected chi connectivity index (χ1v) is 19.1. The second kappa shape index (κ2) is 11.6. The van der Waals surface area contributed by atoms with Crippen molar-refractivity contribution in [1.82, 2.24) is 4.57 Å². The topological polar surface area (TPSA) is 17.4 Å². The van der Waals surface area contributed by atoms with Crippen molar-refractivity contribution in [3.05, 3.63) is 162 Å². The molecule has 250 valence electrons. The second-order valence-corrected chi connectivity index (χ2v) is 15.3. The molecular formula is C48H42N2O. The van der Waals surface area contributed by atoms with Crippen LogP contribution in [0.1, 0.15) is 67.9 Å². The number of ether oxygens (including phenoxy) is 1. The molecule has 0 amide bonds. The van der Waals surface area contributed by atoms with E-state index in [1.165, 1.54) is 92.4 Å². The Hall–Kier alpha value is -5.28. The molecule has 3 nitrogen and oxygen atoms in total. The molecule has 6 aliphatic rings. The smallest absolute Gasteiger partial charge is 0.123 e. The minimum atomic E-state index is 0.238. The third-order valence-corrected chi connectivity index (χ3v) is 12.5. The number of benzene rings is 4. The van der Waals surface area contributed by atoms with Crippen LogP contribution in [0.15, 0.2) is 151 Å². The van der Waals surface area contributed by atoms with Crippen LogP contribution in [0.3, 0.4) is 0 Å². The molecule has 5 aromatic rings. The quantitative estimate of drug-likeness (QED) is 0.191. The molecule has 11 rings (SSSR count). The van der Waals surface area contributed by atoms with Gasteiger partial charge in [-0.3, -0.25) is 0 Å². The Labute approximate surface area is 300 Å². The zero-order valence-corrected chi connectivity index (χ0v) is 28.9. The van der Waals surface area contributed by atoms with Gasteiger partial charge in [0.2, 0.25) is 0 Å². The summed E-state index contributed by atoms with van der Waals surface area (Å²) in [6.07, 6.45) is 29.8. The molecule has 4 aliphatic carbocycles. The summed E-state index contributed by atoms with van der Waals surface area (Å²) in [4.78, 5) is 2.66. The molecule has 0 N–H and O–H groups in total. The molecular weight excluding hydrogens is 621 g/mol. The van der Waals surface area contributed by atoms with Gasteiger partial charge in [-0.1, -0.05) is 109 Å². The molecule has 5 unspecified atom stereocenters. The van der Waals surface area contributed by atoms with Gasteiger partial charge >= 0.3 is 0 Å². The molecule has 0 radical (unpaired) electrons. The predicted octanol–water partition coefficient (Wildman–Crippen LogP) is 12.0. The van der Waals surface area contributed by atoms with E-state index in [9.17, 15) is 0 Å². The lowest BCUT2D eigenvalue weighted by atomic mass is 9.85. The highest BCUT2D eigenvalue weighted by atomic mass is 16.5. The van der Waals surface area contributed by atoms with E-state index >= 15 is 0 Å². The Morgan fingerprint density at radius 1 is 0.667 bits per heavy atom. The number of hydrogen-bond acceptors (Lipinski definition) is 2. The molecule has 0 spiro atoms. The normalized spacial score (nSPS) is 25.9. The number of nitrogens with zero attached hydrogens (tertiary/aromatic N) is 2. The molecule has 0 saturated heterocycles. The largest absolute Gasteiger partial charge is 0.489 e. The zero-order chi connectivity index (χ0) is 33.5. The molecule has 5 atom stereocenters. The average molecular weight is 663 g/mol. The summed E-state index contributed by atoms with van der Waals surface area (Å²) in [5, 5.41) is 2.67. The van der Waals surface area contributed by atoms with Crippen molar-refractivity contribution in [3.8, 4) is 16.9 Å². The lowest BCUT2D eigenvalue weighted by Crippen LogP contribution is -2.35. The summed E-state index contributed by atoms with van der Waals surface area (Å²) >= 11 is 0. The van der Waals surface area contributed by atoms with Crippen LogP contribution in [0, 0.1) is 5.92 Å². The third kappa shape index (κ3) is 4.63. The van der Waals surface area contributed by atoms with Crippen molar-refractivity contribution in [2.75, 3.05) is 4.90 Å². The van der Waals surface area contributed by atoms with Crippen molar-refractivity contribution in [2.24, 2.45) is 5.92 Å². The molecule has 0 fully saturated rings. The second-order valence-electron chi connectivity index (χ2n) is 15.3. The molecule has 3 heteroatoms. The van der Waals surface area contributed by atoms with Gasteiger partial charge < -0.3 is 14.2 Å². The SMILES string of the molecule is C1=CC2c3ccc(-c4ccc5c(c4)c4ccccc4n5C4=CC(C5=CCCC=C5)CCC4)cc3N(C3=CC4c5ccccc5OC4CC3)C2C=C1. The lowest BCUT2D eigenvalue weighted by Gasteiger charge is -2.35. The average Bonchev–Trinajstić information content (AvgIpc) is 3.85. The summed E-state index contributed by atoms with van der Waals surface area (Å²) in [5.41, 5.74) is 13.7. The summed E-state index contributed by atoms with van der Waals surface area (Å²) in [6.45, 7) is 0. The van der Waals surface area contributed by atoms with Crippen LogP contribution < -0.4 is 9.64 Å². The van der Waals surface area contributed by atoms with Gasteiger partial charge in [-0.15, -0.1) is 0 Å². The Balaban J connectivity index is 1.01. The third-order valence-electron chi connectivity index (χ3n) is 12.5. The molecule has 1 aromatic heterocycles. The first kappa shape index (κ1) is 29.5. The van der Waals surface area contributed by atoms with E-state index in [1.807, 2.05) is 0 Å². The Morgan fingerprint density at radius 2 is 1.53 bits per heavy atom. The lowest BCUT2D eigenvalue weighted by molar-refractivity contribution is 0.201. The van der Waals surface area contributed by atoms with E-state index in [0.29, 0.717) is 23.8 Å². The van der Waals surface area contributed by atoms with E-state index in [1.54, 1.807) is 0 Å². The van der Waals surface area contributed by atoms with Gasteiger partial charge in [0.15, 0.2) is 0 Å². The number of fused-ring (bicyclic) bond motifs is 9. The van der Waals surface area contributed by atoms with Crippen LogP contribution in [0.4, 0.5) is 5.69 Å². The van der Waals surface area contributed by atoms with E-state index in [0.717, 1.165) is 25.0 Å². The van der Waals surface area contributed by atoms with Crippen LogP contribution in [0.2, 0.25) is 0 Å². The van der Waals surface area contributed by atoms with Crippen molar-refractivity contribution in [2.45, 2.75) is 68.9 Å². The maximum absolute atomic E-state index is 6.42. The van der Waals surface area contributed by atoms with E-state index < -0.39 is 0 Å². The van der Waals surface area contributed by atoms with E-state index in [4.69, 9.17) is 4.74 Å². The predicted molar refractivity (Wildman–Crippen MR) is 211 cm³/mol. The summed E-state index contributed by atoms with van der Waals surface area (Å²) in [7, 11) is 0. The number of anilines is 1. The van der Waals surface area contributed by atoms with Crippen LogP contribution in [0.25, 0.3) is 38.6 Å². The van der Waals surface area contributed by atoms with Gasteiger partial charge in [0.25, 0.3) is 0 Å². The standard InChI is InChI=1S/C48H42N2O/c1-2-11-31(12-3-1)32-13-10-14-35(27-32)49-44-19-8-5-16-38(44)41-28-33(22-25-45(41)49)34-21-24-39-37-15-4-7-18-43(37)50(46(39)29-34)36-23-26-48-42(30-36)40-17-6-9-20-47(40)51-48/h2,4-9,11-12,15-22,24-25,27-30,32,37,42-43,48H,1,3,10,13-14,23,26H2. The molecule has 4 aromatic carbocycles. The Morgan fingerprint density at radius 3 is 2.49 bits per heavy atom. The van der Waals surface area contributed by atoms with Crippen molar-refractivity contribution < 1.29 is 4.74 Å². The van der Waals surface area contributed by atoms with Crippen LogP contribution >= 0.6 is 0 Å². The molecule has 0 saturated carbocycles. The van der Waals surface area contributed by atoms with E-state index in [2.05, 4.69) is 149 Å². The van der Waals surface area contributed by atoms with Crippen molar-refractivity contribution in [1.29, 1.82) is 0 Å². The summed E-state index contributed by atoms with van der Waals surface area (Å²) in [6, 6.07) is 32.4. The summed E-state index contributed by atoms with van der Waals surface area (Å²) in [5.74, 6) is 2.23. The Bertz CT molecular complexity index is 2430. The number of hydrogen-bond donors (Lipinski definition) is 0. The van der Waals surface area contributed by atoms with Crippen molar-refractivity contribution >= 4 is 33.2 Å². The highest BCUT2D eigenvalue weighted by Crippen LogP contribution is 2.51. The van der Waals surface area contributed by atoms with Crippen LogP contribution in [0.5, 0.6) is 5.75 Å². The number of allylic oxidation sites excluding steroid dienone is 9. The number of para-hydroxylation sites is 2. The van der Waals surface area contributed by atoms with Gasteiger partial charge in [0.05, 0.1) is 17.1 Å². The molecule has 51 heavy (non-hydrogen) atoms. The Kier molecular flexibility index (Phi) is 6.72. The van der Waals surface area contributed by atoms with Gasteiger partial charge in [-0.2, -0.15) is 0 Å². The fourth-order valence-corrected chi connectivity index (χ4v) is 10.1. The van der Waals surface area contributed by atoms with Gasteiger partial charge in [0.1, 0.15) is 11.9 Å². The highest BCUT2D eigenvalue weighted by molar-refractivity contribution is 6.11. The minimum absolute atomic E-state index is 0.238. The zero-order valence-electron chi connectivity index (χ0n) is 28.9. The van der Waals surface area contributed by atoms with Gasteiger partial charge in [0, 0.05) is 51.2 Å². The maximum Gasteiger partial charge on any atom is 0.123 e. The van der Waals surface area contributed by atoms with E-state index in [-0.39, 0.29) is 6.10 Å². The fourth-order valence-electron chi connectivity index (χ4n) is 10.1. The minimum Gasteiger partial charge on any atom is -0.489 e. The highest BCUT2D eigenvalue weighted by Gasteiger charge is 2.42. The van der Waals surface area contributed by atoms with Crippen molar-refractivity contribution in [3.63, 3.8) is 0 Å². The van der Waals surface area contributed by atoms with Gasteiger partial charge in [-0.05, 0) is 97.5 Å². The fraction of sp³-hybridized carbons (Fsp3) is 0.250. The van der Waals surface area contributed by atoms with Crippen LogP contribution in [-0.4, -0.2) is 16.7 Å². The first-order chi connectivity index (χ1) is 25.3. The number of aromatic nitrogens is 1. The monoisotopic (exact) mass is 662 g/mol. The number of rotatable bonds is 4. The summed E-state index contributed by atoms with van der Waals surface area (Å²) < 4.78 is 8.98. The maximum atomic E-state index is 6.42. The first-order valence-electron chi connectivity index (χ1n) is 19.1. The molecule has 3 heterocycles.